The molecule has 1 aliphatic rings. The van der Waals surface area contributed by atoms with Gasteiger partial charge in [-0.05, 0) is 24.3 Å². The molecule has 0 saturated heterocycles. The molecule has 2 rings (SSSR count). The van der Waals surface area contributed by atoms with Gasteiger partial charge in [0.2, 0.25) is 0 Å². The Morgan fingerprint density at radius 3 is 2.84 bits per heavy atom. The predicted molar refractivity (Wildman–Crippen MR) is 74.4 cm³/mol. The third kappa shape index (κ3) is 3.61. The highest BCUT2D eigenvalue weighted by Gasteiger charge is 2.42. The molecule has 0 unspecified atom stereocenters. The van der Waals surface area contributed by atoms with Crippen LogP contribution in [0.5, 0.6) is 5.75 Å². The van der Waals surface area contributed by atoms with Gasteiger partial charge >= 0.3 is 0 Å². The Morgan fingerprint density at radius 2 is 2.21 bits per heavy atom. The van der Waals surface area contributed by atoms with Gasteiger partial charge in [0.05, 0.1) is 7.11 Å². The van der Waals surface area contributed by atoms with Crippen molar-refractivity contribution in [2.24, 2.45) is 16.3 Å². The van der Waals surface area contributed by atoms with E-state index in [1.807, 2.05) is 18.2 Å². The molecule has 0 aliphatic heterocycles. The van der Waals surface area contributed by atoms with Gasteiger partial charge < -0.3 is 21.0 Å². The lowest BCUT2D eigenvalue weighted by Crippen LogP contribution is -2.28. The first-order valence-corrected chi connectivity index (χ1v) is 6.48. The van der Waals surface area contributed by atoms with E-state index in [4.69, 9.17) is 15.7 Å². The van der Waals surface area contributed by atoms with Crippen LogP contribution >= 0.6 is 0 Å². The molecule has 1 saturated carbocycles. The summed E-state index contributed by atoms with van der Waals surface area (Å²) < 4.78 is 5.31. The topological polar surface area (TPSA) is 79.9 Å². The second-order valence-electron chi connectivity index (χ2n) is 5.18. The summed E-state index contributed by atoms with van der Waals surface area (Å²) in [4.78, 5) is 0. The summed E-state index contributed by atoms with van der Waals surface area (Å²) in [7, 11) is 1.68. The van der Waals surface area contributed by atoms with Crippen LogP contribution in [0.4, 0.5) is 0 Å². The highest BCUT2D eigenvalue weighted by Crippen LogP contribution is 2.48. The molecule has 0 amide bonds. The Balaban J connectivity index is 1.84. The van der Waals surface area contributed by atoms with Crippen LogP contribution < -0.4 is 15.8 Å². The summed E-state index contributed by atoms with van der Waals surface area (Å²) in [6, 6.07) is 7.97. The molecule has 104 valence electrons. The minimum Gasteiger partial charge on any atom is -0.496 e. The van der Waals surface area contributed by atoms with Crippen LogP contribution in [-0.2, 0) is 6.54 Å². The normalized spacial score (nSPS) is 17.2. The second-order valence-corrected chi connectivity index (χ2v) is 5.18. The number of hydrogen-bond donors (Lipinski definition) is 3. The van der Waals surface area contributed by atoms with Gasteiger partial charge in [0.25, 0.3) is 0 Å². The van der Waals surface area contributed by atoms with E-state index < -0.39 is 0 Å². The summed E-state index contributed by atoms with van der Waals surface area (Å²) in [5.41, 5.74) is 6.90. The second kappa shape index (κ2) is 5.93. The molecule has 1 aromatic carbocycles. The number of para-hydroxylation sites is 1. The van der Waals surface area contributed by atoms with Crippen LogP contribution in [0.25, 0.3) is 0 Å². The first-order chi connectivity index (χ1) is 9.19. The number of hydrogen-bond acceptors (Lipinski definition) is 4. The zero-order chi connectivity index (χ0) is 13.7. The Morgan fingerprint density at radius 1 is 1.47 bits per heavy atom. The van der Waals surface area contributed by atoms with E-state index in [0.29, 0.717) is 12.3 Å². The first kappa shape index (κ1) is 13.7. The number of rotatable bonds is 7. The predicted octanol–water partition coefficient (Wildman–Crippen LogP) is 1.70. The summed E-state index contributed by atoms with van der Waals surface area (Å²) >= 11 is 0. The fourth-order valence-corrected chi connectivity index (χ4v) is 2.32. The van der Waals surface area contributed by atoms with Gasteiger partial charge in [-0.25, -0.2) is 0 Å². The van der Waals surface area contributed by atoms with Gasteiger partial charge in [-0.1, -0.05) is 23.4 Å². The minimum absolute atomic E-state index is 0.179. The molecule has 0 atom stereocenters. The molecule has 1 fully saturated rings. The molecule has 0 aromatic heterocycles. The largest absolute Gasteiger partial charge is 0.496 e. The lowest BCUT2D eigenvalue weighted by Gasteiger charge is -2.16. The van der Waals surface area contributed by atoms with Crippen LogP contribution in [0.15, 0.2) is 29.4 Å². The molecule has 0 heterocycles. The maximum atomic E-state index is 8.62. The lowest BCUT2D eigenvalue weighted by molar-refractivity contribution is 0.314. The van der Waals surface area contributed by atoms with Crippen LogP contribution in [-0.4, -0.2) is 24.7 Å². The van der Waals surface area contributed by atoms with E-state index in [0.717, 1.165) is 37.2 Å². The summed E-state index contributed by atoms with van der Waals surface area (Å²) in [6.07, 6.45) is 2.91. The number of nitrogens with one attached hydrogen (secondary N) is 1. The molecular formula is C14H21N3O2. The third-order valence-corrected chi connectivity index (χ3v) is 3.65. The van der Waals surface area contributed by atoms with Crippen molar-refractivity contribution in [2.45, 2.75) is 25.8 Å². The molecule has 0 bridgehead atoms. The van der Waals surface area contributed by atoms with Crippen molar-refractivity contribution in [1.82, 2.24) is 5.32 Å². The van der Waals surface area contributed by atoms with E-state index >= 15 is 0 Å². The van der Waals surface area contributed by atoms with Gasteiger partial charge in [-0.15, -0.1) is 0 Å². The van der Waals surface area contributed by atoms with Crippen LogP contribution in [0.2, 0.25) is 0 Å². The number of amidine groups is 1. The molecule has 4 N–H and O–H groups in total. The van der Waals surface area contributed by atoms with Crippen molar-refractivity contribution in [3.63, 3.8) is 0 Å². The highest BCUT2D eigenvalue weighted by atomic mass is 16.5. The van der Waals surface area contributed by atoms with Crippen LogP contribution in [0.1, 0.15) is 24.8 Å². The molecule has 19 heavy (non-hydrogen) atoms. The average molecular weight is 263 g/mol. The number of nitrogens with zero attached hydrogens (tertiary/aromatic N) is 1. The van der Waals surface area contributed by atoms with Gasteiger partial charge in [0.15, 0.2) is 0 Å². The molecule has 0 radical (unpaired) electrons. The van der Waals surface area contributed by atoms with Crippen LogP contribution in [0, 0.1) is 5.41 Å². The maximum Gasteiger partial charge on any atom is 0.139 e. The molecule has 5 nitrogen and oxygen atoms in total. The van der Waals surface area contributed by atoms with E-state index in [1.165, 1.54) is 0 Å². The molecule has 1 aliphatic carbocycles. The standard InChI is InChI=1S/C14H21N3O2/c1-19-12-5-3-2-4-11(12)9-16-10-14(6-7-14)8-13(15)17-18/h2-5,16,18H,6-10H2,1H3,(H2,15,17). The first-order valence-electron chi connectivity index (χ1n) is 6.48. The van der Waals surface area contributed by atoms with Crippen molar-refractivity contribution < 1.29 is 9.94 Å². The van der Waals surface area contributed by atoms with E-state index in [-0.39, 0.29) is 5.41 Å². The van der Waals surface area contributed by atoms with E-state index in [2.05, 4.69) is 16.5 Å². The van der Waals surface area contributed by atoms with Gasteiger partial charge in [0.1, 0.15) is 11.6 Å². The Bertz CT molecular complexity index is 456. The average Bonchev–Trinajstić information content (AvgIpc) is 3.19. The Hall–Kier alpha value is -1.75. The quantitative estimate of drug-likeness (QED) is 0.303. The zero-order valence-electron chi connectivity index (χ0n) is 11.2. The lowest BCUT2D eigenvalue weighted by atomic mass is 10.0. The monoisotopic (exact) mass is 263 g/mol. The fraction of sp³-hybridized carbons (Fsp3) is 0.500. The summed E-state index contributed by atoms with van der Waals surface area (Å²) in [5.74, 6) is 1.22. The summed E-state index contributed by atoms with van der Waals surface area (Å²) in [6.45, 7) is 1.64. The minimum atomic E-state index is 0.179. The van der Waals surface area contributed by atoms with Crippen molar-refractivity contribution in [1.29, 1.82) is 0 Å². The zero-order valence-corrected chi connectivity index (χ0v) is 11.2. The Kier molecular flexibility index (Phi) is 4.27. The van der Waals surface area contributed by atoms with Crippen molar-refractivity contribution in [3.8, 4) is 5.75 Å². The molecule has 0 spiro atoms. The summed E-state index contributed by atoms with van der Waals surface area (Å²) in [5, 5.41) is 15.1. The van der Waals surface area contributed by atoms with Gasteiger partial charge in [0, 0.05) is 25.1 Å². The smallest absolute Gasteiger partial charge is 0.139 e. The number of methoxy groups -OCH3 is 1. The molecular weight excluding hydrogens is 242 g/mol. The number of benzene rings is 1. The van der Waals surface area contributed by atoms with Gasteiger partial charge in [-0.2, -0.15) is 0 Å². The SMILES string of the molecule is COc1ccccc1CNCC1(CC(N)=NO)CC1. The van der Waals surface area contributed by atoms with Gasteiger partial charge in [-0.3, -0.25) is 0 Å². The van der Waals surface area contributed by atoms with Crippen molar-refractivity contribution in [2.75, 3.05) is 13.7 Å². The Labute approximate surface area is 113 Å². The fourth-order valence-electron chi connectivity index (χ4n) is 2.32. The van der Waals surface area contributed by atoms with Crippen LogP contribution in [0.3, 0.4) is 0 Å². The number of nitrogens with two attached hydrogens (primary N) is 1. The van der Waals surface area contributed by atoms with Crippen molar-refractivity contribution in [3.05, 3.63) is 29.8 Å². The molecule has 5 heteroatoms. The van der Waals surface area contributed by atoms with Crippen molar-refractivity contribution >= 4 is 5.84 Å². The van der Waals surface area contributed by atoms with E-state index in [1.54, 1.807) is 7.11 Å². The third-order valence-electron chi connectivity index (χ3n) is 3.65. The highest BCUT2D eigenvalue weighted by molar-refractivity contribution is 5.80. The maximum absolute atomic E-state index is 8.62. The van der Waals surface area contributed by atoms with E-state index in [9.17, 15) is 0 Å². The number of ether oxygens (including phenoxy) is 1. The number of oxime groups is 1. The molecule has 1 aromatic rings.